The van der Waals surface area contributed by atoms with E-state index in [0.717, 1.165) is 42.5 Å². The molecule has 1 aliphatic rings. The maximum absolute atomic E-state index is 12.8. The van der Waals surface area contributed by atoms with Crippen molar-refractivity contribution in [2.75, 3.05) is 20.1 Å². The number of furan rings is 1. The summed E-state index contributed by atoms with van der Waals surface area (Å²) in [5.41, 5.74) is 4.32. The predicted octanol–water partition coefficient (Wildman–Crippen LogP) is 3.92. The Morgan fingerprint density at radius 1 is 1.24 bits per heavy atom. The fourth-order valence-corrected chi connectivity index (χ4v) is 3.75. The Hall–Kier alpha value is -1.81. The molecule has 0 unspecified atom stereocenters. The van der Waals surface area contributed by atoms with Crippen LogP contribution in [0, 0.1) is 13.8 Å². The van der Waals surface area contributed by atoms with E-state index in [1.165, 1.54) is 11.1 Å². The van der Waals surface area contributed by atoms with Crippen LogP contribution in [0.4, 0.5) is 0 Å². The van der Waals surface area contributed by atoms with Gasteiger partial charge < -0.3 is 14.2 Å². The van der Waals surface area contributed by atoms with Crippen LogP contribution >= 0.6 is 0 Å². The first-order chi connectivity index (χ1) is 11.9. The number of fused-ring (bicyclic) bond motifs is 1. The summed E-state index contributed by atoms with van der Waals surface area (Å²) >= 11 is 0. The SMILES string of the molecule is Cc1cc2occ(CC(=O)N(C)C3CCN(C(C)C)CC3)c2cc1C. The minimum absolute atomic E-state index is 0.184. The number of carbonyl (C=O) groups is 1. The highest BCUT2D eigenvalue weighted by Crippen LogP contribution is 2.26. The molecule has 4 heteroatoms. The van der Waals surface area contributed by atoms with Crippen LogP contribution in [0.1, 0.15) is 43.4 Å². The average molecular weight is 342 g/mol. The Balaban J connectivity index is 1.67. The van der Waals surface area contributed by atoms with Gasteiger partial charge in [-0.25, -0.2) is 0 Å². The summed E-state index contributed by atoms with van der Waals surface area (Å²) in [6.45, 7) is 10.8. The first kappa shape index (κ1) is 18.0. The summed E-state index contributed by atoms with van der Waals surface area (Å²) in [5, 5.41) is 1.07. The molecule has 25 heavy (non-hydrogen) atoms. The molecule has 0 saturated carbocycles. The molecule has 0 radical (unpaired) electrons. The third-order valence-electron chi connectivity index (χ3n) is 5.78. The Kier molecular flexibility index (Phi) is 5.19. The topological polar surface area (TPSA) is 36.7 Å². The number of aryl methyl sites for hydroxylation is 2. The number of hydrogen-bond acceptors (Lipinski definition) is 3. The lowest BCUT2D eigenvalue weighted by Crippen LogP contribution is -2.47. The lowest BCUT2D eigenvalue weighted by Gasteiger charge is -2.38. The van der Waals surface area contributed by atoms with Gasteiger partial charge in [-0.1, -0.05) is 0 Å². The predicted molar refractivity (Wildman–Crippen MR) is 102 cm³/mol. The molecule has 3 rings (SSSR count). The monoisotopic (exact) mass is 342 g/mol. The lowest BCUT2D eigenvalue weighted by atomic mass is 10.0. The number of carbonyl (C=O) groups excluding carboxylic acids is 1. The molecule has 1 aliphatic heterocycles. The fraction of sp³-hybridized carbons (Fsp3) is 0.571. The first-order valence-electron chi connectivity index (χ1n) is 9.34. The number of hydrogen-bond donors (Lipinski definition) is 0. The molecule has 2 aromatic rings. The molecule has 2 heterocycles. The van der Waals surface area contributed by atoms with E-state index in [4.69, 9.17) is 4.42 Å². The first-order valence-corrected chi connectivity index (χ1v) is 9.34. The molecular formula is C21H30N2O2. The molecule has 1 aromatic carbocycles. The van der Waals surface area contributed by atoms with Crippen molar-refractivity contribution in [3.05, 3.63) is 35.1 Å². The second-order valence-electron chi connectivity index (χ2n) is 7.74. The van der Waals surface area contributed by atoms with Crippen LogP contribution in [-0.2, 0) is 11.2 Å². The summed E-state index contributed by atoms with van der Waals surface area (Å²) in [6.07, 6.45) is 4.28. The molecule has 0 spiro atoms. The number of benzene rings is 1. The third kappa shape index (κ3) is 3.74. The van der Waals surface area contributed by atoms with E-state index in [-0.39, 0.29) is 5.91 Å². The number of amides is 1. The summed E-state index contributed by atoms with van der Waals surface area (Å²) in [6, 6.07) is 5.14. The zero-order chi connectivity index (χ0) is 18.1. The van der Waals surface area contributed by atoms with Gasteiger partial charge in [0, 0.05) is 43.2 Å². The normalized spacial score (nSPS) is 16.7. The van der Waals surface area contributed by atoms with Gasteiger partial charge in [-0.15, -0.1) is 0 Å². The van der Waals surface area contributed by atoms with Gasteiger partial charge in [0.05, 0.1) is 12.7 Å². The zero-order valence-corrected chi connectivity index (χ0v) is 16.1. The van der Waals surface area contributed by atoms with E-state index in [1.807, 2.05) is 11.9 Å². The second-order valence-corrected chi connectivity index (χ2v) is 7.74. The minimum Gasteiger partial charge on any atom is -0.464 e. The van der Waals surface area contributed by atoms with Gasteiger partial charge in [-0.3, -0.25) is 4.79 Å². The number of likely N-dealkylation sites (tertiary alicyclic amines) is 1. The highest BCUT2D eigenvalue weighted by molar-refractivity contribution is 5.88. The van der Waals surface area contributed by atoms with Crippen LogP contribution in [0.2, 0.25) is 0 Å². The van der Waals surface area contributed by atoms with Gasteiger partial charge in [0.1, 0.15) is 5.58 Å². The van der Waals surface area contributed by atoms with Crippen LogP contribution in [0.5, 0.6) is 0 Å². The van der Waals surface area contributed by atoms with Crippen LogP contribution in [-0.4, -0.2) is 47.9 Å². The number of nitrogens with zero attached hydrogens (tertiary/aromatic N) is 2. The van der Waals surface area contributed by atoms with E-state index in [9.17, 15) is 4.79 Å². The van der Waals surface area contributed by atoms with Gasteiger partial charge in [0.15, 0.2) is 0 Å². The van der Waals surface area contributed by atoms with E-state index in [0.29, 0.717) is 18.5 Å². The minimum atomic E-state index is 0.184. The Morgan fingerprint density at radius 3 is 2.52 bits per heavy atom. The largest absolute Gasteiger partial charge is 0.464 e. The molecule has 0 N–H and O–H groups in total. The summed E-state index contributed by atoms with van der Waals surface area (Å²) < 4.78 is 5.67. The maximum Gasteiger partial charge on any atom is 0.227 e. The highest BCUT2D eigenvalue weighted by atomic mass is 16.3. The third-order valence-corrected chi connectivity index (χ3v) is 5.78. The van der Waals surface area contributed by atoms with Crippen molar-refractivity contribution in [2.24, 2.45) is 0 Å². The summed E-state index contributed by atoms with van der Waals surface area (Å²) in [4.78, 5) is 17.2. The van der Waals surface area contributed by atoms with Gasteiger partial charge in [0.25, 0.3) is 0 Å². The Labute approximate surface area is 150 Å². The molecule has 1 fully saturated rings. The van der Waals surface area contributed by atoms with Crippen LogP contribution < -0.4 is 0 Å². The summed E-state index contributed by atoms with van der Waals surface area (Å²) in [5.74, 6) is 0.184. The average Bonchev–Trinajstić information content (AvgIpc) is 2.96. The standard InChI is InChI=1S/C21H30N2O2/c1-14(2)23-8-6-18(7-9-23)22(5)21(24)12-17-13-25-20-11-16(4)15(3)10-19(17)20/h10-11,13-14,18H,6-9,12H2,1-5H3. The molecule has 0 aliphatic carbocycles. The number of likely N-dealkylation sites (N-methyl/N-ethyl adjacent to an activating group) is 1. The van der Waals surface area contributed by atoms with Crippen molar-refractivity contribution in [1.82, 2.24) is 9.80 Å². The van der Waals surface area contributed by atoms with Crippen molar-refractivity contribution < 1.29 is 9.21 Å². The van der Waals surface area contributed by atoms with Crippen molar-refractivity contribution in [3.8, 4) is 0 Å². The van der Waals surface area contributed by atoms with Crippen LogP contribution in [0.25, 0.3) is 11.0 Å². The van der Waals surface area contributed by atoms with Crippen molar-refractivity contribution in [1.29, 1.82) is 0 Å². The summed E-state index contributed by atoms with van der Waals surface area (Å²) in [7, 11) is 1.95. The molecule has 1 aromatic heterocycles. The maximum atomic E-state index is 12.8. The number of rotatable bonds is 4. The molecule has 0 atom stereocenters. The smallest absolute Gasteiger partial charge is 0.227 e. The lowest BCUT2D eigenvalue weighted by molar-refractivity contribution is -0.132. The quantitative estimate of drug-likeness (QED) is 0.845. The van der Waals surface area contributed by atoms with Gasteiger partial charge in [0.2, 0.25) is 5.91 Å². The van der Waals surface area contributed by atoms with Crippen molar-refractivity contribution in [2.45, 2.75) is 59.0 Å². The van der Waals surface area contributed by atoms with Crippen molar-refractivity contribution >= 4 is 16.9 Å². The zero-order valence-electron chi connectivity index (χ0n) is 16.1. The van der Waals surface area contributed by atoms with E-state index >= 15 is 0 Å². The van der Waals surface area contributed by atoms with Gasteiger partial charge >= 0.3 is 0 Å². The van der Waals surface area contributed by atoms with E-state index in [1.54, 1.807) is 6.26 Å². The molecule has 4 nitrogen and oxygen atoms in total. The van der Waals surface area contributed by atoms with Gasteiger partial charge in [-0.2, -0.15) is 0 Å². The molecule has 0 bridgehead atoms. The molecule has 136 valence electrons. The van der Waals surface area contributed by atoms with Gasteiger partial charge in [-0.05, 0) is 63.8 Å². The van der Waals surface area contributed by atoms with Crippen LogP contribution in [0.3, 0.4) is 0 Å². The molecule has 1 saturated heterocycles. The Bertz CT molecular complexity index is 755. The van der Waals surface area contributed by atoms with Crippen LogP contribution in [0.15, 0.2) is 22.8 Å². The fourth-order valence-electron chi connectivity index (χ4n) is 3.75. The van der Waals surface area contributed by atoms with E-state index in [2.05, 4.69) is 44.7 Å². The highest BCUT2D eigenvalue weighted by Gasteiger charge is 2.26. The second kappa shape index (κ2) is 7.20. The van der Waals surface area contributed by atoms with E-state index < -0.39 is 0 Å². The molecule has 1 amide bonds. The molecular weight excluding hydrogens is 312 g/mol. The number of piperidine rings is 1. The van der Waals surface area contributed by atoms with Crippen molar-refractivity contribution in [3.63, 3.8) is 0 Å². The Morgan fingerprint density at radius 2 is 1.88 bits per heavy atom.